The number of hydrogen-bond acceptors (Lipinski definition) is 5. The van der Waals surface area contributed by atoms with Crippen LogP contribution in [-0.4, -0.2) is 36.3 Å². The lowest BCUT2D eigenvalue weighted by atomic mass is 9.69. The van der Waals surface area contributed by atoms with Gasteiger partial charge < -0.3 is 14.3 Å². The van der Waals surface area contributed by atoms with E-state index in [-0.39, 0.29) is 23.7 Å². The molecule has 0 aromatic rings. The van der Waals surface area contributed by atoms with Crippen LogP contribution in [0.25, 0.3) is 0 Å². The van der Waals surface area contributed by atoms with Gasteiger partial charge in [-0.1, -0.05) is 0 Å². The van der Waals surface area contributed by atoms with Crippen molar-refractivity contribution in [1.29, 1.82) is 0 Å². The van der Waals surface area contributed by atoms with E-state index in [9.17, 15) is 14.9 Å². The average Bonchev–Trinajstić information content (AvgIpc) is 2.70. The molecule has 1 saturated carbocycles. The van der Waals surface area contributed by atoms with Gasteiger partial charge in [-0.25, -0.2) is 0 Å². The van der Waals surface area contributed by atoms with E-state index in [0.29, 0.717) is 38.9 Å². The Balaban J connectivity index is 2.04. The minimum atomic E-state index is -0.531. The molecular formula is C12H19NO5. The van der Waals surface area contributed by atoms with Crippen molar-refractivity contribution in [3.05, 3.63) is 10.1 Å². The van der Waals surface area contributed by atoms with E-state index in [1.807, 2.05) is 0 Å². The largest absolute Gasteiger partial charge is 0.348 e. The topological polar surface area (TPSA) is 78.7 Å². The molecule has 1 spiro atoms. The van der Waals surface area contributed by atoms with Crippen LogP contribution >= 0.6 is 0 Å². The van der Waals surface area contributed by atoms with Crippen molar-refractivity contribution in [2.45, 2.75) is 44.8 Å². The van der Waals surface area contributed by atoms with E-state index >= 15 is 0 Å². The molecule has 0 radical (unpaired) electrons. The highest BCUT2D eigenvalue weighted by atomic mass is 16.7. The van der Waals surface area contributed by atoms with E-state index in [1.165, 1.54) is 6.92 Å². The van der Waals surface area contributed by atoms with Gasteiger partial charge in [0.15, 0.2) is 5.79 Å². The van der Waals surface area contributed by atoms with Crippen molar-refractivity contribution >= 4 is 5.78 Å². The predicted octanol–water partition coefficient (Wildman–Crippen LogP) is 1.55. The summed E-state index contributed by atoms with van der Waals surface area (Å²) in [4.78, 5) is 21.8. The summed E-state index contributed by atoms with van der Waals surface area (Å²) in [6.07, 6.45) is 2.81. The number of nitrogens with zero attached hydrogens (tertiary/aromatic N) is 1. The fourth-order valence-corrected chi connectivity index (χ4v) is 3.14. The van der Waals surface area contributed by atoms with Crippen molar-refractivity contribution in [3.8, 4) is 0 Å². The van der Waals surface area contributed by atoms with Gasteiger partial charge in [0.05, 0.1) is 13.2 Å². The third-order valence-corrected chi connectivity index (χ3v) is 3.97. The minimum absolute atomic E-state index is 0.0149. The van der Waals surface area contributed by atoms with Crippen LogP contribution in [0, 0.1) is 15.5 Å². The predicted molar refractivity (Wildman–Crippen MR) is 62.7 cm³/mol. The standard InChI is InChI=1S/C12H19NO5/c1-10(14)8-11(9-13(15)16)2-4-12(5-3-11)17-6-7-18-12/h2-9H2,1H3. The van der Waals surface area contributed by atoms with Crippen LogP contribution in [0.5, 0.6) is 0 Å². The van der Waals surface area contributed by atoms with Crippen molar-refractivity contribution in [2.24, 2.45) is 5.41 Å². The van der Waals surface area contributed by atoms with Gasteiger partial charge in [-0.05, 0) is 19.8 Å². The van der Waals surface area contributed by atoms with Gasteiger partial charge in [0, 0.05) is 29.6 Å². The molecule has 6 nitrogen and oxygen atoms in total. The smallest absolute Gasteiger partial charge is 0.209 e. The molecule has 18 heavy (non-hydrogen) atoms. The van der Waals surface area contributed by atoms with Crippen molar-refractivity contribution < 1.29 is 19.2 Å². The van der Waals surface area contributed by atoms with Crippen LogP contribution in [0.2, 0.25) is 0 Å². The number of Topliss-reactive ketones (excluding diaryl/α,β-unsaturated/α-hetero) is 1. The molecule has 2 rings (SSSR count). The monoisotopic (exact) mass is 257 g/mol. The molecule has 1 saturated heterocycles. The number of rotatable bonds is 4. The van der Waals surface area contributed by atoms with E-state index in [4.69, 9.17) is 9.47 Å². The number of carbonyl (C=O) groups excluding carboxylic acids is 1. The molecule has 102 valence electrons. The summed E-state index contributed by atoms with van der Waals surface area (Å²) in [6, 6.07) is 0. The lowest BCUT2D eigenvalue weighted by Gasteiger charge is -2.41. The van der Waals surface area contributed by atoms with Gasteiger partial charge in [0.1, 0.15) is 5.78 Å². The molecule has 1 heterocycles. The van der Waals surface area contributed by atoms with Gasteiger partial charge in [0.25, 0.3) is 0 Å². The van der Waals surface area contributed by atoms with Crippen LogP contribution in [0.15, 0.2) is 0 Å². The fourth-order valence-electron chi connectivity index (χ4n) is 3.14. The number of carbonyl (C=O) groups is 1. The SMILES string of the molecule is CC(=O)CC1(C[N+](=O)[O-])CCC2(CC1)OCCO2. The molecule has 0 unspecified atom stereocenters. The minimum Gasteiger partial charge on any atom is -0.348 e. The van der Waals surface area contributed by atoms with Gasteiger partial charge in [0.2, 0.25) is 6.54 Å². The highest BCUT2D eigenvalue weighted by Crippen LogP contribution is 2.46. The third kappa shape index (κ3) is 2.87. The van der Waals surface area contributed by atoms with Crippen LogP contribution in [0.4, 0.5) is 0 Å². The Bertz CT molecular complexity index is 320. The Morgan fingerprint density at radius 3 is 2.22 bits per heavy atom. The Kier molecular flexibility index (Phi) is 3.68. The first-order chi connectivity index (χ1) is 8.45. The quantitative estimate of drug-likeness (QED) is 0.564. The van der Waals surface area contributed by atoms with Crippen molar-refractivity contribution in [3.63, 3.8) is 0 Å². The van der Waals surface area contributed by atoms with Crippen molar-refractivity contribution in [1.82, 2.24) is 0 Å². The van der Waals surface area contributed by atoms with Gasteiger partial charge in [-0.3, -0.25) is 10.1 Å². The Labute approximate surface area is 106 Å². The number of ether oxygens (including phenoxy) is 2. The van der Waals surface area contributed by atoms with Crippen LogP contribution in [0.1, 0.15) is 39.0 Å². The zero-order chi connectivity index (χ0) is 13.2. The fraction of sp³-hybridized carbons (Fsp3) is 0.917. The van der Waals surface area contributed by atoms with Gasteiger partial charge in [-0.2, -0.15) is 0 Å². The van der Waals surface area contributed by atoms with Crippen molar-refractivity contribution in [2.75, 3.05) is 19.8 Å². The maximum Gasteiger partial charge on any atom is 0.209 e. The molecule has 1 aliphatic heterocycles. The molecule has 0 atom stereocenters. The summed E-state index contributed by atoms with van der Waals surface area (Å²) in [5.41, 5.74) is -0.504. The second kappa shape index (κ2) is 4.93. The average molecular weight is 257 g/mol. The third-order valence-electron chi connectivity index (χ3n) is 3.97. The highest BCUT2D eigenvalue weighted by molar-refractivity contribution is 5.76. The first-order valence-corrected chi connectivity index (χ1v) is 6.35. The molecule has 1 aliphatic carbocycles. The summed E-state index contributed by atoms with van der Waals surface area (Å²) in [6.45, 7) is 2.54. The normalized spacial score (nSPS) is 25.2. The molecule has 2 fully saturated rings. The van der Waals surface area contributed by atoms with Crippen LogP contribution in [0.3, 0.4) is 0 Å². The molecule has 0 aromatic carbocycles. The molecule has 6 heteroatoms. The summed E-state index contributed by atoms with van der Waals surface area (Å²) >= 11 is 0. The Hall–Kier alpha value is -1.01. The molecule has 0 bridgehead atoms. The zero-order valence-electron chi connectivity index (χ0n) is 10.6. The number of hydrogen-bond donors (Lipinski definition) is 0. The lowest BCUT2D eigenvalue weighted by molar-refractivity contribution is -0.499. The lowest BCUT2D eigenvalue weighted by Crippen LogP contribution is -2.43. The van der Waals surface area contributed by atoms with Crippen LogP contribution < -0.4 is 0 Å². The number of ketones is 1. The highest BCUT2D eigenvalue weighted by Gasteiger charge is 2.48. The van der Waals surface area contributed by atoms with E-state index in [1.54, 1.807) is 0 Å². The summed E-state index contributed by atoms with van der Waals surface area (Å²) in [5.74, 6) is -0.516. The summed E-state index contributed by atoms with van der Waals surface area (Å²) in [7, 11) is 0. The van der Waals surface area contributed by atoms with Gasteiger partial charge in [-0.15, -0.1) is 0 Å². The zero-order valence-corrected chi connectivity index (χ0v) is 10.6. The molecule has 2 aliphatic rings. The Morgan fingerprint density at radius 2 is 1.78 bits per heavy atom. The van der Waals surface area contributed by atoms with E-state index in [2.05, 4.69) is 0 Å². The van der Waals surface area contributed by atoms with Gasteiger partial charge >= 0.3 is 0 Å². The maximum absolute atomic E-state index is 11.3. The van der Waals surface area contributed by atoms with Crippen LogP contribution in [-0.2, 0) is 14.3 Å². The second-order valence-corrected chi connectivity index (χ2v) is 5.48. The maximum atomic E-state index is 11.3. The molecule has 0 N–H and O–H groups in total. The summed E-state index contributed by atoms with van der Waals surface area (Å²) < 4.78 is 11.2. The first kappa shape index (κ1) is 13.4. The van der Waals surface area contributed by atoms with E-state index in [0.717, 1.165) is 0 Å². The molecule has 0 amide bonds. The first-order valence-electron chi connectivity index (χ1n) is 6.35. The number of nitro groups is 1. The Morgan fingerprint density at radius 1 is 1.22 bits per heavy atom. The second-order valence-electron chi connectivity index (χ2n) is 5.48. The molecular weight excluding hydrogens is 238 g/mol. The summed E-state index contributed by atoms with van der Waals surface area (Å²) in [5, 5.41) is 10.8. The van der Waals surface area contributed by atoms with E-state index < -0.39 is 11.2 Å². The molecule has 0 aromatic heterocycles.